The summed E-state index contributed by atoms with van der Waals surface area (Å²) >= 11 is 0. The fourth-order valence-electron chi connectivity index (χ4n) is 4.23. The number of fused-ring (bicyclic) bond motifs is 3. The van der Waals surface area contributed by atoms with Gasteiger partial charge in [0.1, 0.15) is 0 Å². The SMILES string of the molecule is CCc1cccc2c1[nH]c1cc(NC(=O)CC3CCCCC3)ccc12. The van der Waals surface area contributed by atoms with Crippen LogP contribution in [0.4, 0.5) is 5.69 Å². The van der Waals surface area contributed by atoms with E-state index >= 15 is 0 Å². The molecule has 3 nitrogen and oxygen atoms in total. The molecule has 1 aliphatic rings. The van der Waals surface area contributed by atoms with Crippen molar-refractivity contribution in [3.63, 3.8) is 0 Å². The number of rotatable bonds is 4. The summed E-state index contributed by atoms with van der Waals surface area (Å²) in [6, 6.07) is 12.7. The minimum Gasteiger partial charge on any atom is -0.354 e. The summed E-state index contributed by atoms with van der Waals surface area (Å²) in [5, 5.41) is 5.57. The highest BCUT2D eigenvalue weighted by atomic mass is 16.1. The third-order valence-corrected chi connectivity index (χ3v) is 5.58. The predicted molar refractivity (Wildman–Crippen MR) is 105 cm³/mol. The molecule has 1 heterocycles. The van der Waals surface area contributed by atoms with E-state index in [-0.39, 0.29) is 5.91 Å². The lowest BCUT2D eigenvalue weighted by Gasteiger charge is -2.20. The Labute approximate surface area is 148 Å². The lowest BCUT2D eigenvalue weighted by molar-refractivity contribution is -0.117. The largest absolute Gasteiger partial charge is 0.354 e. The number of aryl methyl sites for hydroxylation is 1. The van der Waals surface area contributed by atoms with Gasteiger partial charge in [0.2, 0.25) is 5.91 Å². The normalized spacial score (nSPS) is 15.7. The van der Waals surface area contributed by atoms with Crippen molar-refractivity contribution in [2.45, 2.75) is 51.9 Å². The Morgan fingerprint density at radius 2 is 1.96 bits per heavy atom. The molecule has 4 rings (SSSR count). The molecule has 3 heteroatoms. The van der Waals surface area contributed by atoms with E-state index in [1.165, 1.54) is 54.0 Å². The zero-order chi connectivity index (χ0) is 17.2. The van der Waals surface area contributed by atoms with Crippen LogP contribution in [0.1, 0.15) is 51.0 Å². The molecular formula is C22H26N2O. The molecule has 1 aromatic heterocycles. The quantitative estimate of drug-likeness (QED) is 0.623. The Kier molecular flexibility index (Phi) is 4.48. The molecule has 1 fully saturated rings. The maximum Gasteiger partial charge on any atom is 0.224 e. The number of benzene rings is 2. The number of hydrogen-bond acceptors (Lipinski definition) is 1. The molecule has 3 aromatic rings. The number of H-pyrrole nitrogens is 1. The zero-order valence-electron chi connectivity index (χ0n) is 14.9. The second-order valence-electron chi connectivity index (χ2n) is 7.33. The molecule has 1 aliphatic carbocycles. The van der Waals surface area contributed by atoms with E-state index in [9.17, 15) is 4.79 Å². The van der Waals surface area contributed by atoms with Gasteiger partial charge in [-0.15, -0.1) is 0 Å². The molecule has 0 radical (unpaired) electrons. The van der Waals surface area contributed by atoms with Gasteiger partial charge in [0.15, 0.2) is 0 Å². The first-order valence-electron chi connectivity index (χ1n) is 9.58. The molecular weight excluding hydrogens is 308 g/mol. The van der Waals surface area contributed by atoms with Crippen LogP contribution in [-0.2, 0) is 11.2 Å². The summed E-state index contributed by atoms with van der Waals surface area (Å²) < 4.78 is 0. The third kappa shape index (κ3) is 3.28. The Hall–Kier alpha value is -2.29. The second-order valence-corrected chi connectivity index (χ2v) is 7.33. The van der Waals surface area contributed by atoms with Gasteiger partial charge in [-0.25, -0.2) is 0 Å². The van der Waals surface area contributed by atoms with Crippen LogP contribution in [0, 0.1) is 5.92 Å². The van der Waals surface area contributed by atoms with Crippen molar-refractivity contribution in [1.82, 2.24) is 4.98 Å². The molecule has 0 bridgehead atoms. The lowest BCUT2D eigenvalue weighted by atomic mass is 9.87. The molecule has 130 valence electrons. The second kappa shape index (κ2) is 6.91. The van der Waals surface area contributed by atoms with Crippen LogP contribution in [0.3, 0.4) is 0 Å². The topological polar surface area (TPSA) is 44.9 Å². The van der Waals surface area contributed by atoms with E-state index in [4.69, 9.17) is 0 Å². The van der Waals surface area contributed by atoms with Gasteiger partial charge in [0.25, 0.3) is 0 Å². The fraction of sp³-hybridized carbons (Fsp3) is 0.409. The van der Waals surface area contributed by atoms with Crippen LogP contribution in [0.25, 0.3) is 21.8 Å². The number of nitrogens with one attached hydrogen (secondary N) is 2. The third-order valence-electron chi connectivity index (χ3n) is 5.58. The summed E-state index contributed by atoms with van der Waals surface area (Å²) in [5.74, 6) is 0.717. The molecule has 0 aliphatic heterocycles. The van der Waals surface area contributed by atoms with E-state index in [2.05, 4.69) is 47.6 Å². The van der Waals surface area contributed by atoms with E-state index in [0.29, 0.717) is 12.3 Å². The molecule has 1 amide bonds. The van der Waals surface area contributed by atoms with Gasteiger partial charge >= 0.3 is 0 Å². The van der Waals surface area contributed by atoms with Crippen molar-refractivity contribution < 1.29 is 4.79 Å². The number of aromatic nitrogens is 1. The summed E-state index contributed by atoms with van der Waals surface area (Å²) in [7, 11) is 0. The van der Waals surface area contributed by atoms with E-state index in [1.807, 2.05) is 6.07 Å². The minimum atomic E-state index is 0.150. The molecule has 0 unspecified atom stereocenters. The summed E-state index contributed by atoms with van der Waals surface area (Å²) in [4.78, 5) is 15.9. The van der Waals surface area contributed by atoms with Crippen molar-refractivity contribution in [2.75, 3.05) is 5.32 Å². The minimum absolute atomic E-state index is 0.150. The van der Waals surface area contributed by atoms with Crippen LogP contribution >= 0.6 is 0 Å². The number of carbonyl (C=O) groups is 1. The van der Waals surface area contributed by atoms with E-state index in [0.717, 1.165) is 17.6 Å². The Balaban J connectivity index is 1.56. The van der Waals surface area contributed by atoms with Crippen LogP contribution in [0.15, 0.2) is 36.4 Å². The molecule has 25 heavy (non-hydrogen) atoms. The average molecular weight is 334 g/mol. The number of amides is 1. The first-order chi connectivity index (χ1) is 12.2. The van der Waals surface area contributed by atoms with Gasteiger partial charge in [-0.2, -0.15) is 0 Å². The predicted octanol–water partition coefficient (Wildman–Crippen LogP) is 5.79. The first kappa shape index (κ1) is 16.2. The number of hydrogen-bond donors (Lipinski definition) is 2. The number of aromatic amines is 1. The van der Waals surface area contributed by atoms with E-state index < -0.39 is 0 Å². The Morgan fingerprint density at radius 1 is 1.12 bits per heavy atom. The van der Waals surface area contributed by atoms with Crippen LogP contribution < -0.4 is 5.32 Å². The lowest BCUT2D eigenvalue weighted by Crippen LogP contribution is -2.18. The molecule has 2 aromatic carbocycles. The van der Waals surface area contributed by atoms with Gasteiger partial charge in [-0.05, 0) is 42.9 Å². The summed E-state index contributed by atoms with van der Waals surface area (Å²) in [5.41, 5.74) is 4.52. The Bertz CT molecular complexity index is 903. The molecule has 2 N–H and O–H groups in total. The monoisotopic (exact) mass is 334 g/mol. The molecule has 0 atom stereocenters. The Morgan fingerprint density at radius 3 is 2.76 bits per heavy atom. The van der Waals surface area contributed by atoms with E-state index in [1.54, 1.807) is 0 Å². The van der Waals surface area contributed by atoms with Gasteiger partial charge in [-0.3, -0.25) is 4.79 Å². The van der Waals surface area contributed by atoms with Gasteiger partial charge in [-0.1, -0.05) is 50.5 Å². The van der Waals surface area contributed by atoms with Crippen LogP contribution in [0.2, 0.25) is 0 Å². The highest BCUT2D eigenvalue weighted by Gasteiger charge is 2.17. The molecule has 0 saturated heterocycles. The maximum atomic E-state index is 12.4. The van der Waals surface area contributed by atoms with Gasteiger partial charge < -0.3 is 10.3 Å². The van der Waals surface area contributed by atoms with Gasteiger partial charge in [0, 0.05) is 33.9 Å². The standard InChI is InChI=1S/C22H26N2O/c1-2-16-9-6-10-19-18-12-11-17(14-20(18)24-22(16)19)23-21(25)13-15-7-4-3-5-8-15/h6,9-12,14-15,24H,2-5,7-8,13H2,1H3,(H,23,25). The molecule has 0 spiro atoms. The molecule has 1 saturated carbocycles. The van der Waals surface area contributed by atoms with Crippen molar-refractivity contribution in [3.8, 4) is 0 Å². The first-order valence-corrected chi connectivity index (χ1v) is 9.58. The van der Waals surface area contributed by atoms with Crippen molar-refractivity contribution in [3.05, 3.63) is 42.0 Å². The smallest absolute Gasteiger partial charge is 0.224 e. The van der Waals surface area contributed by atoms with Crippen LogP contribution in [-0.4, -0.2) is 10.9 Å². The highest BCUT2D eigenvalue weighted by Crippen LogP contribution is 2.30. The van der Waals surface area contributed by atoms with Crippen molar-refractivity contribution in [1.29, 1.82) is 0 Å². The summed E-state index contributed by atoms with van der Waals surface area (Å²) in [6.45, 7) is 2.18. The number of anilines is 1. The highest BCUT2D eigenvalue weighted by molar-refractivity contribution is 6.09. The summed E-state index contributed by atoms with van der Waals surface area (Å²) in [6.07, 6.45) is 7.95. The fourth-order valence-corrected chi connectivity index (χ4v) is 4.23. The average Bonchev–Trinajstić information content (AvgIpc) is 3.00. The van der Waals surface area contributed by atoms with Crippen LogP contribution in [0.5, 0.6) is 0 Å². The zero-order valence-corrected chi connectivity index (χ0v) is 14.9. The van der Waals surface area contributed by atoms with Crippen molar-refractivity contribution >= 4 is 33.4 Å². The number of carbonyl (C=O) groups excluding carboxylic acids is 1. The number of para-hydroxylation sites is 1. The van der Waals surface area contributed by atoms with Gasteiger partial charge in [0.05, 0.1) is 0 Å². The van der Waals surface area contributed by atoms with Crippen molar-refractivity contribution in [2.24, 2.45) is 5.92 Å². The maximum absolute atomic E-state index is 12.4.